The highest BCUT2D eigenvalue weighted by Gasteiger charge is 2.01. The van der Waals surface area contributed by atoms with Crippen molar-refractivity contribution in [2.24, 2.45) is 0 Å². The highest BCUT2D eigenvalue weighted by atomic mass is 79.9. The van der Waals surface area contributed by atoms with E-state index in [-0.39, 0.29) is 5.91 Å². The monoisotopic (exact) mass is 312 g/mol. The van der Waals surface area contributed by atoms with E-state index < -0.39 is 0 Å². The molecule has 100 valence electrons. The maximum absolute atomic E-state index is 11.2. The van der Waals surface area contributed by atoms with E-state index in [1.807, 2.05) is 6.07 Å². The number of alkyl halides is 1. The molecule has 0 fully saturated rings. The maximum atomic E-state index is 11.2. The van der Waals surface area contributed by atoms with Crippen LogP contribution in [0.4, 0.5) is 0 Å². The zero-order valence-electron chi connectivity index (χ0n) is 10.9. The molecule has 1 rings (SSSR count). The van der Waals surface area contributed by atoms with Crippen molar-refractivity contribution in [2.45, 2.75) is 19.4 Å². The first kappa shape index (κ1) is 15.2. The predicted octanol–water partition coefficient (Wildman–Crippen LogP) is 2.41. The lowest BCUT2D eigenvalue weighted by Crippen LogP contribution is -2.28. The molecule has 1 aromatic rings. The van der Waals surface area contributed by atoms with Gasteiger partial charge in [0.05, 0.1) is 0 Å². The van der Waals surface area contributed by atoms with Crippen molar-refractivity contribution in [2.75, 3.05) is 25.5 Å². The number of carbonyl (C=O) groups is 1. The Kier molecular flexibility index (Phi) is 7.69. The molecule has 4 heteroatoms. The van der Waals surface area contributed by atoms with Gasteiger partial charge in [0, 0.05) is 24.8 Å². The molecule has 1 amide bonds. The third-order valence-electron chi connectivity index (χ3n) is 2.66. The fourth-order valence-electron chi connectivity index (χ4n) is 1.73. The summed E-state index contributed by atoms with van der Waals surface area (Å²) in [5.74, 6) is 0.123. The van der Waals surface area contributed by atoms with Crippen molar-refractivity contribution >= 4 is 21.8 Å². The van der Waals surface area contributed by atoms with Crippen LogP contribution in [0.1, 0.15) is 18.4 Å². The minimum Gasteiger partial charge on any atom is -0.356 e. The molecule has 0 aliphatic carbocycles. The number of hydrogen-bond donors (Lipinski definition) is 1. The van der Waals surface area contributed by atoms with E-state index in [1.54, 1.807) is 0 Å². The normalized spacial score (nSPS) is 10.6. The molecule has 0 spiro atoms. The number of amides is 1. The van der Waals surface area contributed by atoms with Gasteiger partial charge in [-0.3, -0.25) is 4.79 Å². The minimum absolute atomic E-state index is 0.123. The van der Waals surface area contributed by atoms with Gasteiger partial charge in [-0.05, 0) is 25.6 Å². The molecule has 0 saturated heterocycles. The summed E-state index contributed by atoms with van der Waals surface area (Å²) in [6, 6.07) is 10.4. The molecule has 0 atom stereocenters. The summed E-state index contributed by atoms with van der Waals surface area (Å²) in [5, 5.41) is 3.64. The molecule has 1 aromatic carbocycles. The molecule has 0 aliphatic heterocycles. The van der Waals surface area contributed by atoms with Gasteiger partial charge >= 0.3 is 0 Å². The fourth-order valence-corrected chi connectivity index (χ4v) is 2.09. The van der Waals surface area contributed by atoms with Crippen LogP contribution >= 0.6 is 15.9 Å². The Labute approximate surface area is 118 Å². The maximum Gasteiger partial charge on any atom is 0.220 e. The number of nitrogens with one attached hydrogen (secondary N) is 1. The van der Waals surface area contributed by atoms with E-state index in [9.17, 15) is 4.79 Å². The van der Waals surface area contributed by atoms with E-state index in [4.69, 9.17) is 0 Å². The predicted molar refractivity (Wildman–Crippen MR) is 78.8 cm³/mol. The van der Waals surface area contributed by atoms with Gasteiger partial charge in [-0.2, -0.15) is 0 Å². The second-order valence-corrected chi connectivity index (χ2v) is 5.16. The van der Waals surface area contributed by atoms with E-state index in [0.29, 0.717) is 6.42 Å². The summed E-state index contributed by atoms with van der Waals surface area (Å²) in [5.41, 5.74) is 1.32. The molecule has 0 heterocycles. The number of rotatable bonds is 8. The average Bonchev–Trinajstić information content (AvgIpc) is 2.36. The summed E-state index contributed by atoms with van der Waals surface area (Å²) < 4.78 is 0. The van der Waals surface area contributed by atoms with Crippen LogP contribution in [0.5, 0.6) is 0 Å². The molecule has 0 saturated carbocycles. The lowest BCUT2D eigenvalue weighted by atomic mass is 10.2. The van der Waals surface area contributed by atoms with E-state index >= 15 is 0 Å². The van der Waals surface area contributed by atoms with Crippen molar-refractivity contribution in [3.63, 3.8) is 0 Å². The van der Waals surface area contributed by atoms with E-state index in [0.717, 1.165) is 31.4 Å². The zero-order valence-corrected chi connectivity index (χ0v) is 12.4. The largest absolute Gasteiger partial charge is 0.356 e. The number of carbonyl (C=O) groups excluding carboxylic acids is 1. The van der Waals surface area contributed by atoms with Gasteiger partial charge in [-0.1, -0.05) is 46.3 Å². The smallest absolute Gasteiger partial charge is 0.220 e. The highest BCUT2D eigenvalue weighted by Crippen LogP contribution is 2.02. The molecule has 0 radical (unpaired) electrons. The molecular weight excluding hydrogens is 292 g/mol. The molecule has 0 aromatic heterocycles. The number of benzene rings is 1. The molecular formula is C14H21BrN2O. The van der Waals surface area contributed by atoms with Gasteiger partial charge in [-0.25, -0.2) is 0 Å². The summed E-state index contributed by atoms with van der Waals surface area (Å²) in [4.78, 5) is 13.5. The molecule has 3 nitrogen and oxygen atoms in total. The van der Waals surface area contributed by atoms with Crippen LogP contribution < -0.4 is 5.32 Å². The Morgan fingerprint density at radius 2 is 2.06 bits per heavy atom. The second kappa shape index (κ2) is 9.11. The van der Waals surface area contributed by atoms with Crippen molar-refractivity contribution in [3.8, 4) is 0 Å². The second-order valence-electron chi connectivity index (χ2n) is 4.37. The van der Waals surface area contributed by atoms with Gasteiger partial charge in [0.1, 0.15) is 0 Å². The quantitative estimate of drug-likeness (QED) is 0.590. The van der Waals surface area contributed by atoms with Crippen LogP contribution in [0.25, 0.3) is 0 Å². The SMILES string of the molecule is CN(CCCNC(=O)CCBr)Cc1ccccc1. The first-order valence-corrected chi connectivity index (χ1v) is 7.39. The van der Waals surface area contributed by atoms with Crippen molar-refractivity contribution < 1.29 is 4.79 Å². The molecule has 1 N–H and O–H groups in total. The van der Waals surface area contributed by atoms with Crippen LogP contribution in [-0.4, -0.2) is 36.3 Å². The summed E-state index contributed by atoms with van der Waals surface area (Å²) >= 11 is 3.25. The molecule has 0 unspecified atom stereocenters. The lowest BCUT2D eigenvalue weighted by molar-refractivity contribution is -0.120. The van der Waals surface area contributed by atoms with E-state index in [1.165, 1.54) is 5.56 Å². The number of hydrogen-bond acceptors (Lipinski definition) is 2. The fraction of sp³-hybridized carbons (Fsp3) is 0.500. The van der Waals surface area contributed by atoms with E-state index in [2.05, 4.69) is 57.5 Å². The van der Waals surface area contributed by atoms with Gasteiger partial charge < -0.3 is 10.2 Å². The Morgan fingerprint density at radius 3 is 2.72 bits per heavy atom. The number of nitrogens with zero attached hydrogens (tertiary/aromatic N) is 1. The van der Waals surface area contributed by atoms with Crippen LogP contribution in [0.15, 0.2) is 30.3 Å². The lowest BCUT2D eigenvalue weighted by Gasteiger charge is -2.16. The third-order valence-corrected chi connectivity index (χ3v) is 3.05. The topological polar surface area (TPSA) is 32.3 Å². The summed E-state index contributed by atoms with van der Waals surface area (Å²) in [7, 11) is 2.10. The van der Waals surface area contributed by atoms with Gasteiger partial charge in [0.25, 0.3) is 0 Å². The van der Waals surface area contributed by atoms with Crippen molar-refractivity contribution in [3.05, 3.63) is 35.9 Å². The highest BCUT2D eigenvalue weighted by molar-refractivity contribution is 9.09. The Balaban J connectivity index is 2.10. The van der Waals surface area contributed by atoms with Crippen LogP contribution in [0, 0.1) is 0 Å². The Morgan fingerprint density at radius 1 is 1.33 bits per heavy atom. The van der Waals surface area contributed by atoms with Crippen LogP contribution in [0.2, 0.25) is 0 Å². The Hall–Kier alpha value is -0.870. The van der Waals surface area contributed by atoms with Crippen LogP contribution in [-0.2, 0) is 11.3 Å². The third kappa shape index (κ3) is 6.77. The minimum atomic E-state index is 0.123. The van der Waals surface area contributed by atoms with Crippen molar-refractivity contribution in [1.29, 1.82) is 0 Å². The number of halogens is 1. The van der Waals surface area contributed by atoms with Gasteiger partial charge in [0.2, 0.25) is 5.91 Å². The zero-order chi connectivity index (χ0) is 13.2. The standard InChI is InChI=1S/C14H21BrN2O/c1-17(12-13-6-3-2-4-7-13)11-5-10-16-14(18)8-9-15/h2-4,6-7H,5,8-12H2,1H3,(H,16,18). The summed E-state index contributed by atoms with van der Waals surface area (Å²) in [6.07, 6.45) is 1.54. The Bertz CT molecular complexity index is 343. The molecule has 0 aliphatic rings. The average molecular weight is 313 g/mol. The first-order valence-electron chi connectivity index (χ1n) is 6.27. The van der Waals surface area contributed by atoms with Gasteiger partial charge in [-0.15, -0.1) is 0 Å². The van der Waals surface area contributed by atoms with Crippen molar-refractivity contribution in [1.82, 2.24) is 10.2 Å². The molecule has 18 heavy (non-hydrogen) atoms. The van der Waals surface area contributed by atoms with Crippen LogP contribution in [0.3, 0.4) is 0 Å². The first-order chi connectivity index (χ1) is 8.72. The molecule has 0 bridgehead atoms. The van der Waals surface area contributed by atoms with Gasteiger partial charge in [0.15, 0.2) is 0 Å². The summed E-state index contributed by atoms with van der Waals surface area (Å²) in [6.45, 7) is 2.70.